The van der Waals surface area contributed by atoms with E-state index in [1.165, 1.54) is 50.7 Å². The first-order valence-electron chi connectivity index (χ1n) is 9.78. The van der Waals surface area contributed by atoms with Crippen LogP contribution in [0.2, 0.25) is 0 Å². The van der Waals surface area contributed by atoms with E-state index in [2.05, 4.69) is 6.92 Å². The molecule has 0 spiro atoms. The van der Waals surface area contributed by atoms with Crippen LogP contribution in [0.5, 0.6) is 5.75 Å². The Hall–Kier alpha value is -1.55. The minimum Gasteiger partial charge on any atom is -0.508 e. The third kappa shape index (κ3) is 11.6. The van der Waals surface area contributed by atoms with E-state index in [4.69, 9.17) is 9.47 Å². The average Bonchev–Trinajstić information content (AvgIpc) is 2.62. The molecule has 25 heavy (non-hydrogen) atoms. The molecule has 1 rings (SSSR count). The van der Waals surface area contributed by atoms with Gasteiger partial charge in [0.05, 0.1) is 12.2 Å². The summed E-state index contributed by atoms with van der Waals surface area (Å²) in [7, 11) is 0. The summed E-state index contributed by atoms with van der Waals surface area (Å²) in [6.45, 7) is 4.40. The lowest BCUT2D eigenvalue weighted by atomic mass is 10.1. The normalized spacial score (nSPS) is 10.8. The van der Waals surface area contributed by atoms with Gasteiger partial charge in [-0.05, 0) is 49.9 Å². The van der Waals surface area contributed by atoms with Crippen molar-refractivity contribution in [1.82, 2.24) is 0 Å². The first-order valence-corrected chi connectivity index (χ1v) is 9.78. The van der Waals surface area contributed by atoms with E-state index in [0.717, 1.165) is 38.9 Å². The summed E-state index contributed by atoms with van der Waals surface area (Å²) in [5, 5.41) is 9.18. The van der Waals surface area contributed by atoms with Gasteiger partial charge < -0.3 is 14.6 Å². The van der Waals surface area contributed by atoms with Crippen molar-refractivity contribution in [1.29, 1.82) is 0 Å². The van der Waals surface area contributed by atoms with Crippen molar-refractivity contribution in [3.8, 4) is 5.75 Å². The summed E-state index contributed by atoms with van der Waals surface area (Å²) in [6, 6.07) is 6.11. The number of esters is 1. The molecule has 0 amide bonds. The Labute approximate surface area is 152 Å². The molecule has 4 heteroatoms. The van der Waals surface area contributed by atoms with E-state index < -0.39 is 0 Å². The van der Waals surface area contributed by atoms with Crippen molar-refractivity contribution in [2.24, 2.45) is 0 Å². The summed E-state index contributed by atoms with van der Waals surface area (Å²) in [5.41, 5.74) is 0.473. The van der Waals surface area contributed by atoms with E-state index >= 15 is 0 Å². The first-order chi connectivity index (χ1) is 12.2. The van der Waals surface area contributed by atoms with E-state index in [1.54, 1.807) is 12.1 Å². The third-order valence-electron chi connectivity index (χ3n) is 4.16. The number of ether oxygens (including phenoxy) is 2. The number of unbranched alkanes of at least 4 members (excludes halogenated alkanes) is 8. The lowest BCUT2D eigenvalue weighted by Gasteiger charge is -2.06. The second kappa shape index (κ2) is 14.8. The highest BCUT2D eigenvalue weighted by Gasteiger charge is 2.06. The Kier molecular flexibility index (Phi) is 12.7. The largest absolute Gasteiger partial charge is 0.508 e. The molecular formula is C21H34O4. The molecule has 0 aromatic heterocycles. The molecule has 1 aromatic rings. The van der Waals surface area contributed by atoms with Crippen LogP contribution >= 0.6 is 0 Å². The third-order valence-corrected chi connectivity index (χ3v) is 4.16. The molecule has 0 saturated heterocycles. The van der Waals surface area contributed by atoms with E-state index in [-0.39, 0.29) is 11.7 Å². The minimum absolute atomic E-state index is 0.148. The summed E-state index contributed by atoms with van der Waals surface area (Å²) < 4.78 is 10.9. The van der Waals surface area contributed by atoms with Crippen LogP contribution in [0.1, 0.15) is 81.5 Å². The van der Waals surface area contributed by atoms with Crippen molar-refractivity contribution < 1.29 is 19.4 Å². The van der Waals surface area contributed by atoms with Crippen LogP contribution in [0.4, 0.5) is 0 Å². The molecular weight excluding hydrogens is 316 g/mol. The molecule has 0 aliphatic rings. The van der Waals surface area contributed by atoms with Crippen LogP contribution < -0.4 is 0 Å². The Balaban J connectivity index is 1.84. The van der Waals surface area contributed by atoms with Gasteiger partial charge in [0.25, 0.3) is 0 Å². The fourth-order valence-corrected chi connectivity index (χ4v) is 2.59. The molecule has 0 bridgehead atoms. The highest BCUT2D eigenvalue weighted by atomic mass is 16.5. The zero-order chi connectivity index (χ0) is 18.2. The second-order valence-corrected chi connectivity index (χ2v) is 6.48. The second-order valence-electron chi connectivity index (χ2n) is 6.48. The zero-order valence-electron chi connectivity index (χ0n) is 15.7. The molecule has 1 aromatic carbocycles. The van der Waals surface area contributed by atoms with Crippen molar-refractivity contribution in [3.05, 3.63) is 29.8 Å². The number of carbonyl (C=O) groups excluding carboxylic acids is 1. The van der Waals surface area contributed by atoms with Crippen molar-refractivity contribution >= 4 is 5.97 Å². The smallest absolute Gasteiger partial charge is 0.338 e. The number of benzene rings is 1. The fourth-order valence-electron chi connectivity index (χ4n) is 2.59. The Morgan fingerprint density at radius 3 is 1.92 bits per heavy atom. The molecule has 1 N–H and O–H groups in total. The SMILES string of the molecule is CCCCCCCCOCCCCCCOC(=O)c1ccc(O)cc1. The van der Waals surface area contributed by atoms with Gasteiger partial charge in [-0.2, -0.15) is 0 Å². The predicted octanol–water partition coefficient (Wildman–Crippen LogP) is 5.49. The molecule has 0 saturated carbocycles. The van der Waals surface area contributed by atoms with Crippen LogP contribution in [-0.2, 0) is 9.47 Å². The number of hydrogen-bond acceptors (Lipinski definition) is 4. The molecule has 0 fully saturated rings. The van der Waals surface area contributed by atoms with Crippen LogP contribution in [0.25, 0.3) is 0 Å². The molecule has 0 aliphatic carbocycles. The topological polar surface area (TPSA) is 55.8 Å². The van der Waals surface area contributed by atoms with Gasteiger partial charge in [0.1, 0.15) is 5.75 Å². The molecule has 0 heterocycles. The van der Waals surface area contributed by atoms with Crippen molar-refractivity contribution in [3.63, 3.8) is 0 Å². The quantitative estimate of drug-likeness (QED) is 0.336. The van der Waals surface area contributed by atoms with Crippen LogP contribution in [0, 0.1) is 0 Å². The number of carbonyl (C=O) groups is 1. The Bertz CT molecular complexity index is 442. The van der Waals surface area contributed by atoms with Gasteiger partial charge in [-0.15, -0.1) is 0 Å². The van der Waals surface area contributed by atoms with Gasteiger partial charge in [0.2, 0.25) is 0 Å². The first kappa shape index (κ1) is 21.5. The van der Waals surface area contributed by atoms with Gasteiger partial charge in [-0.3, -0.25) is 0 Å². The molecule has 0 atom stereocenters. The predicted molar refractivity (Wildman–Crippen MR) is 101 cm³/mol. The standard InChI is InChI=1S/C21H34O4/c1-2-3-4-5-6-9-16-24-17-10-7-8-11-18-25-21(23)19-12-14-20(22)15-13-19/h12-15,22H,2-11,16-18H2,1H3. The van der Waals surface area contributed by atoms with Gasteiger partial charge >= 0.3 is 5.97 Å². The summed E-state index contributed by atoms with van der Waals surface area (Å²) in [6.07, 6.45) is 11.9. The van der Waals surface area contributed by atoms with Gasteiger partial charge in [-0.1, -0.05) is 45.4 Å². The molecule has 0 unspecified atom stereocenters. The fraction of sp³-hybridized carbons (Fsp3) is 0.667. The van der Waals surface area contributed by atoms with E-state index in [1.807, 2.05) is 0 Å². The number of hydrogen-bond donors (Lipinski definition) is 1. The molecule has 4 nitrogen and oxygen atoms in total. The Morgan fingerprint density at radius 2 is 1.32 bits per heavy atom. The Morgan fingerprint density at radius 1 is 0.800 bits per heavy atom. The lowest BCUT2D eigenvalue weighted by Crippen LogP contribution is -2.06. The maximum absolute atomic E-state index is 11.8. The highest BCUT2D eigenvalue weighted by molar-refractivity contribution is 5.89. The van der Waals surface area contributed by atoms with Gasteiger partial charge in [0, 0.05) is 13.2 Å². The van der Waals surface area contributed by atoms with E-state index in [9.17, 15) is 9.90 Å². The highest BCUT2D eigenvalue weighted by Crippen LogP contribution is 2.11. The molecule has 142 valence electrons. The summed E-state index contributed by atoms with van der Waals surface area (Å²) in [4.78, 5) is 11.8. The summed E-state index contributed by atoms with van der Waals surface area (Å²) in [5.74, 6) is -0.183. The monoisotopic (exact) mass is 350 g/mol. The maximum atomic E-state index is 11.8. The average molecular weight is 350 g/mol. The van der Waals surface area contributed by atoms with Crippen LogP contribution in [0.15, 0.2) is 24.3 Å². The van der Waals surface area contributed by atoms with Crippen LogP contribution in [0.3, 0.4) is 0 Å². The number of rotatable bonds is 15. The molecule has 0 aliphatic heterocycles. The van der Waals surface area contributed by atoms with Crippen LogP contribution in [-0.4, -0.2) is 30.9 Å². The van der Waals surface area contributed by atoms with Crippen molar-refractivity contribution in [2.45, 2.75) is 71.1 Å². The summed E-state index contributed by atoms with van der Waals surface area (Å²) >= 11 is 0. The molecule has 0 radical (unpaired) electrons. The number of phenols is 1. The number of phenolic OH excluding ortho intramolecular Hbond substituents is 1. The zero-order valence-corrected chi connectivity index (χ0v) is 15.7. The maximum Gasteiger partial charge on any atom is 0.338 e. The number of aromatic hydroxyl groups is 1. The minimum atomic E-state index is -0.331. The van der Waals surface area contributed by atoms with E-state index in [0.29, 0.717) is 12.2 Å². The van der Waals surface area contributed by atoms with Crippen molar-refractivity contribution in [2.75, 3.05) is 19.8 Å². The van der Waals surface area contributed by atoms with Gasteiger partial charge in [0.15, 0.2) is 0 Å². The lowest BCUT2D eigenvalue weighted by molar-refractivity contribution is 0.0496. The van der Waals surface area contributed by atoms with Gasteiger partial charge in [-0.25, -0.2) is 4.79 Å².